The molecule has 0 saturated carbocycles. The van der Waals surface area contributed by atoms with Crippen molar-refractivity contribution >= 4 is 23.2 Å². The van der Waals surface area contributed by atoms with Crippen LogP contribution in [0.15, 0.2) is 59.6 Å². The van der Waals surface area contributed by atoms with Crippen LogP contribution >= 0.6 is 11.8 Å². The lowest BCUT2D eigenvalue weighted by Gasteiger charge is -2.24. The number of Topliss-reactive ketones (excluding diaryl/α,β-unsaturated/α-hetero) is 1. The van der Waals surface area contributed by atoms with Gasteiger partial charge < -0.3 is 4.90 Å². The van der Waals surface area contributed by atoms with Gasteiger partial charge in [0.15, 0.2) is 11.6 Å². The molecule has 2 aromatic carbocycles. The molecule has 4 nitrogen and oxygen atoms in total. The minimum Gasteiger partial charge on any atom is -0.378 e. The number of carbonyl (C=O) groups excluding carboxylic acids is 1. The lowest BCUT2D eigenvalue weighted by atomic mass is 10.0. The summed E-state index contributed by atoms with van der Waals surface area (Å²) >= 11 is 1.67. The van der Waals surface area contributed by atoms with E-state index in [1.54, 1.807) is 11.8 Å². The van der Waals surface area contributed by atoms with Crippen LogP contribution in [-0.4, -0.2) is 29.8 Å². The number of nitrogens with zero attached hydrogens (tertiary/aromatic N) is 3. The van der Waals surface area contributed by atoms with Gasteiger partial charge in [-0.1, -0.05) is 54.2 Å². The molecule has 27 heavy (non-hydrogen) atoms. The third kappa shape index (κ3) is 3.47. The number of benzene rings is 2. The predicted octanol–water partition coefficient (Wildman–Crippen LogP) is 4.94. The van der Waals surface area contributed by atoms with Crippen molar-refractivity contribution in [1.82, 2.24) is 9.97 Å². The molecule has 0 spiro atoms. The number of hydrogen-bond acceptors (Lipinski definition) is 5. The molecule has 3 aromatic rings. The number of hydrogen-bond donors (Lipinski definition) is 0. The third-order valence-electron chi connectivity index (χ3n) is 4.77. The summed E-state index contributed by atoms with van der Waals surface area (Å²) in [5, 5.41) is 0.874. The quantitative estimate of drug-likeness (QED) is 0.607. The number of fused-ring (bicyclic) bond motifs is 1. The maximum absolute atomic E-state index is 12.8. The van der Waals surface area contributed by atoms with Gasteiger partial charge in [0.25, 0.3) is 0 Å². The highest BCUT2D eigenvalue weighted by atomic mass is 32.2. The molecule has 4 rings (SSSR count). The van der Waals surface area contributed by atoms with E-state index in [1.807, 2.05) is 51.4 Å². The molecule has 2 heterocycles. The highest BCUT2D eigenvalue weighted by Gasteiger charge is 2.30. The normalized spacial score (nSPS) is 16.1. The maximum atomic E-state index is 12.8. The van der Waals surface area contributed by atoms with Crippen molar-refractivity contribution in [2.24, 2.45) is 0 Å². The number of aromatic nitrogens is 2. The fraction of sp³-hybridized carbons (Fsp3) is 0.227. The van der Waals surface area contributed by atoms with Crippen LogP contribution in [0.4, 0.5) is 5.69 Å². The molecule has 0 aliphatic carbocycles. The molecule has 136 valence electrons. The fourth-order valence-electron chi connectivity index (χ4n) is 3.29. The highest BCUT2D eigenvalue weighted by Crippen LogP contribution is 2.45. The summed E-state index contributed by atoms with van der Waals surface area (Å²) in [5.74, 6) is 0.804. The van der Waals surface area contributed by atoms with Gasteiger partial charge in [-0.05, 0) is 24.6 Å². The number of thioether (sulfide) groups is 1. The molecule has 1 aliphatic heterocycles. The fourth-order valence-corrected chi connectivity index (χ4v) is 4.61. The zero-order chi connectivity index (χ0) is 19.0. The lowest BCUT2D eigenvalue weighted by molar-refractivity contribution is 0.0974. The van der Waals surface area contributed by atoms with Gasteiger partial charge in [0.1, 0.15) is 5.03 Å². The molecule has 0 fully saturated rings. The minimum absolute atomic E-state index is 0.0825. The van der Waals surface area contributed by atoms with Gasteiger partial charge in [0.05, 0.1) is 11.3 Å². The molecule has 0 saturated heterocycles. The third-order valence-corrected chi connectivity index (χ3v) is 6.02. The van der Waals surface area contributed by atoms with E-state index in [9.17, 15) is 4.79 Å². The Balaban J connectivity index is 1.70. The Hall–Kier alpha value is -2.66. The van der Waals surface area contributed by atoms with Crippen molar-refractivity contribution < 1.29 is 4.79 Å². The Morgan fingerprint density at radius 1 is 1.00 bits per heavy atom. The Labute approximate surface area is 163 Å². The maximum Gasteiger partial charge on any atom is 0.168 e. The van der Waals surface area contributed by atoms with E-state index in [2.05, 4.69) is 34.1 Å². The zero-order valence-corrected chi connectivity index (χ0v) is 16.5. The topological polar surface area (TPSA) is 46.1 Å². The van der Waals surface area contributed by atoms with Crippen LogP contribution in [0.2, 0.25) is 0 Å². The average molecular weight is 375 g/mol. The molecular weight excluding hydrogens is 354 g/mol. The standard InChI is InChI=1S/C22H21N3OS/c1-14-20-18(26)13-19(15-9-11-17(12-10-15)25(2)3)27-22(20)24-21(23-14)16-7-5-4-6-8-16/h4-12,19H,13H2,1-3H3. The van der Waals surface area contributed by atoms with Crippen LogP contribution in [0.3, 0.4) is 0 Å². The summed E-state index contributed by atoms with van der Waals surface area (Å²) in [4.78, 5) is 24.2. The first-order valence-electron chi connectivity index (χ1n) is 8.94. The van der Waals surface area contributed by atoms with Crippen molar-refractivity contribution in [3.8, 4) is 11.4 Å². The van der Waals surface area contributed by atoms with Gasteiger partial charge in [0.2, 0.25) is 0 Å². The van der Waals surface area contributed by atoms with Crippen molar-refractivity contribution in [2.75, 3.05) is 19.0 Å². The summed E-state index contributed by atoms with van der Waals surface area (Å²) in [7, 11) is 4.05. The van der Waals surface area contributed by atoms with E-state index < -0.39 is 0 Å². The van der Waals surface area contributed by atoms with Crippen LogP contribution in [0, 0.1) is 6.92 Å². The minimum atomic E-state index is 0.0825. The van der Waals surface area contributed by atoms with Crippen LogP contribution in [0.25, 0.3) is 11.4 Å². The Morgan fingerprint density at radius 3 is 2.37 bits per heavy atom. The van der Waals surface area contributed by atoms with E-state index in [-0.39, 0.29) is 11.0 Å². The molecule has 5 heteroatoms. The number of aryl methyl sites for hydroxylation is 1. The smallest absolute Gasteiger partial charge is 0.168 e. The molecule has 1 aliphatic rings. The molecule has 0 amide bonds. The molecular formula is C22H21N3OS. The van der Waals surface area contributed by atoms with E-state index in [1.165, 1.54) is 0 Å². The average Bonchev–Trinajstić information content (AvgIpc) is 2.68. The van der Waals surface area contributed by atoms with Crippen LogP contribution in [0.5, 0.6) is 0 Å². The molecule has 0 bridgehead atoms. The van der Waals surface area contributed by atoms with Crippen molar-refractivity contribution in [3.63, 3.8) is 0 Å². The highest BCUT2D eigenvalue weighted by molar-refractivity contribution is 7.99. The van der Waals surface area contributed by atoms with E-state index in [4.69, 9.17) is 4.98 Å². The first-order chi connectivity index (χ1) is 13.0. The Bertz CT molecular complexity index is 984. The van der Waals surface area contributed by atoms with Crippen molar-refractivity contribution in [1.29, 1.82) is 0 Å². The Kier molecular flexibility index (Phi) is 4.70. The SMILES string of the molecule is Cc1nc(-c2ccccc2)nc2c1C(=O)CC(c1ccc(N(C)C)cc1)S2. The first-order valence-corrected chi connectivity index (χ1v) is 9.82. The largest absolute Gasteiger partial charge is 0.378 e. The van der Waals surface area contributed by atoms with Crippen LogP contribution in [-0.2, 0) is 0 Å². The summed E-state index contributed by atoms with van der Waals surface area (Å²) in [6.07, 6.45) is 0.480. The molecule has 1 unspecified atom stereocenters. The molecule has 0 radical (unpaired) electrons. The van der Waals surface area contributed by atoms with Gasteiger partial charge in [-0.2, -0.15) is 0 Å². The lowest BCUT2D eigenvalue weighted by Crippen LogP contribution is -2.17. The Morgan fingerprint density at radius 2 is 1.70 bits per heavy atom. The monoisotopic (exact) mass is 375 g/mol. The zero-order valence-electron chi connectivity index (χ0n) is 15.6. The van der Waals surface area contributed by atoms with E-state index in [0.29, 0.717) is 17.8 Å². The number of carbonyl (C=O) groups is 1. The number of ketones is 1. The predicted molar refractivity (Wildman–Crippen MR) is 111 cm³/mol. The van der Waals surface area contributed by atoms with Crippen LogP contribution < -0.4 is 4.90 Å². The summed E-state index contributed by atoms with van der Waals surface area (Å²) < 4.78 is 0. The van der Waals surface area contributed by atoms with Gasteiger partial charge in [-0.25, -0.2) is 9.97 Å². The molecule has 1 atom stereocenters. The summed E-state index contributed by atoms with van der Waals surface area (Å²) in [6.45, 7) is 1.90. The second-order valence-corrected chi connectivity index (χ2v) is 8.09. The van der Waals surface area contributed by atoms with Gasteiger partial charge in [-0.15, -0.1) is 0 Å². The summed E-state index contributed by atoms with van der Waals surface area (Å²) in [5.41, 5.74) is 4.71. The van der Waals surface area contributed by atoms with Gasteiger partial charge in [0, 0.05) is 37.0 Å². The second-order valence-electron chi connectivity index (χ2n) is 6.90. The number of rotatable bonds is 3. The molecule has 0 N–H and O–H groups in total. The molecule has 1 aromatic heterocycles. The van der Waals surface area contributed by atoms with Crippen molar-refractivity contribution in [3.05, 3.63) is 71.4 Å². The first kappa shape index (κ1) is 17.7. The number of anilines is 1. The van der Waals surface area contributed by atoms with Crippen molar-refractivity contribution in [2.45, 2.75) is 23.6 Å². The van der Waals surface area contributed by atoms with Crippen LogP contribution in [0.1, 0.15) is 33.3 Å². The van der Waals surface area contributed by atoms with Gasteiger partial charge in [-0.3, -0.25) is 4.79 Å². The van der Waals surface area contributed by atoms with Gasteiger partial charge >= 0.3 is 0 Å². The second kappa shape index (κ2) is 7.16. The van der Waals surface area contributed by atoms with E-state index >= 15 is 0 Å². The summed E-state index contributed by atoms with van der Waals surface area (Å²) in [6, 6.07) is 18.3. The van der Waals surface area contributed by atoms with E-state index in [0.717, 1.165) is 27.5 Å².